The molecule has 0 aliphatic carbocycles. The zero-order chi connectivity index (χ0) is 15.3. The van der Waals surface area contributed by atoms with Crippen LogP contribution >= 0.6 is 20.0 Å². The van der Waals surface area contributed by atoms with Gasteiger partial charge >= 0.3 is 138 Å². The van der Waals surface area contributed by atoms with Crippen LogP contribution in [0.2, 0.25) is 0 Å². The van der Waals surface area contributed by atoms with E-state index in [4.69, 9.17) is 20.0 Å². The predicted octanol–water partition coefficient (Wildman–Crippen LogP) is 4.10. The van der Waals surface area contributed by atoms with Crippen molar-refractivity contribution in [3.05, 3.63) is 0 Å². The van der Waals surface area contributed by atoms with Crippen LogP contribution in [-0.2, 0) is 0 Å². The summed E-state index contributed by atoms with van der Waals surface area (Å²) in [7, 11) is 6.78. The van der Waals surface area contributed by atoms with Gasteiger partial charge < -0.3 is 0 Å². The molecule has 0 amide bonds. The van der Waals surface area contributed by atoms with Crippen molar-refractivity contribution in [2.75, 3.05) is 3.54 Å². The molecule has 2 nitrogen and oxygen atoms in total. The van der Waals surface area contributed by atoms with Gasteiger partial charge in [0, 0.05) is 0 Å². The maximum atomic E-state index is 6.78. The van der Waals surface area contributed by atoms with E-state index in [9.17, 15) is 0 Å². The SMILES string of the molecule is CC(C)N(C(C)C)[CH](N(C(C)C)C(C)C)[Po]([Cl])[CH2]Cl. The Bertz CT molecular complexity index is 212. The van der Waals surface area contributed by atoms with Crippen LogP contribution in [0.1, 0.15) is 55.4 Å². The van der Waals surface area contributed by atoms with E-state index in [1.165, 1.54) is 0 Å². The molecule has 0 aliphatic rings. The summed E-state index contributed by atoms with van der Waals surface area (Å²) in [5, 5.41) is 0. The van der Waals surface area contributed by atoms with E-state index >= 15 is 0 Å². The van der Waals surface area contributed by atoms with E-state index in [0.717, 1.165) is 0 Å². The normalized spacial score (nSPS) is 13.6. The third-order valence-electron chi connectivity index (χ3n) is 3.23. The zero-order valence-electron chi connectivity index (χ0n) is 13.7. The number of nitrogens with zero attached hydrogens (tertiary/aromatic N) is 2. The molecule has 0 aromatic rings. The molecule has 0 heterocycles. The second-order valence-electron chi connectivity index (χ2n) is 6.07. The van der Waals surface area contributed by atoms with Crippen LogP contribution in [0, 0.1) is 0 Å². The Morgan fingerprint density at radius 2 is 1.00 bits per heavy atom. The third kappa shape index (κ3) is 5.95. The molecule has 0 rings (SSSR count). The fraction of sp³-hybridized carbons (Fsp3) is 1.00. The van der Waals surface area contributed by atoms with Crippen molar-refractivity contribution in [2.24, 2.45) is 0 Å². The molecule has 19 heavy (non-hydrogen) atoms. The molecule has 117 valence electrons. The monoisotopic (exact) mass is 506 g/mol. The standard InChI is InChI=1S/C13H29N2.CH2Cl.ClH.Po/c1-10(2)14(11(3)4)9-15(12(5)6)13(7)8;1-2;;/h9-13H,1-8H3;1H2;1H;/q;;;+1/p-1. The molecule has 0 saturated carbocycles. The summed E-state index contributed by atoms with van der Waals surface area (Å²) < 4.78 is 1.03. The van der Waals surface area contributed by atoms with E-state index in [1.807, 2.05) is 0 Å². The first kappa shape index (κ1) is 20.4. The molecule has 0 atom stereocenters. The minimum absolute atomic E-state index is 0.360. The second-order valence-corrected chi connectivity index (χ2v) is 16.8. The van der Waals surface area contributed by atoms with Gasteiger partial charge in [0.2, 0.25) is 0 Å². The van der Waals surface area contributed by atoms with Gasteiger partial charge in [-0.3, -0.25) is 0 Å². The van der Waals surface area contributed by atoms with Crippen LogP contribution in [0.3, 0.4) is 0 Å². The summed E-state index contributed by atoms with van der Waals surface area (Å²) in [6.07, 6.45) is 0. The average molecular weight is 507 g/mol. The van der Waals surface area contributed by atoms with Gasteiger partial charge in [0.05, 0.1) is 0 Å². The van der Waals surface area contributed by atoms with Crippen LogP contribution in [0.5, 0.6) is 0 Å². The van der Waals surface area contributed by atoms with Crippen LogP contribution in [0.4, 0.5) is 0 Å². The Labute approximate surface area is 137 Å². The first-order chi connectivity index (χ1) is 8.64. The topological polar surface area (TPSA) is 6.48 Å². The molecule has 0 aromatic carbocycles. The molecule has 5 heteroatoms. The van der Waals surface area contributed by atoms with Crippen molar-refractivity contribution < 1.29 is 0 Å². The quantitative estimate of drug-likeness (QED) is 0.361. The summed E-state index contributed by atoms with van der Waals surface area (Å²) >= 11 is 4.02. The van der Waals surface area contributed by atoms with Gasteiger partial charge in [0.15, 0.2) is 0 Å². The van der Waals surface area contributed by atoms with Crippen molar-refractivity contribution in [3.63, 3.8) is 0 Å². The van der Waals surface area contributed by atoms with Crippen LogP contribution < -0.4 is 0 Å². The summed E-state index contributed by atoms with van der Waals surface area (Å²) in [6, 6.07) is 1.95. The molecule has 0 aromatic heterocycles. The zero-order valence-corrected chi connectivity index (χ0v) is 18.3. The molecular formula is C14H31Cl2N2Po. The Hall–Kier alpha value is 1.40. The van der Waals surface area contributed by atoms with Crippen molar-refractivity contribution in [1.29, 1.82) is 0 Å². The van der Waals surface area contributed by atoms with Crippen molar-refractivity contribution in [2.45, 2.75) is 83.4 Å². The molecule has 0 aliphatic heterocycles. The van der Waals surface area contributed by atoms with Crippen LogP contribution in [0.25, 0.3) is 0 Å². The Morgan fingerprint density at radius 3 is 1.16 bits per heavy atom. The van der Waals surface area contributed by atoms with Crippen molar-refractivity contribution in [1.82, 2.24) is 9.80 Å². The minimum atomic E-state index is -2.14. The summed E-state index contributed by atoms with van der Waals surface area (Å²) in [5.41, 5.74) is 0. The fourth-order valence-corrected chi connectivity index (χ4v) is 11.6. The maximum absolute atomic E-state index is 6.78. The third-order valence-corrected chi connectivity index (χ3v) is 13.1. The molecule has 0 saturated heterocycles. The summed E-state index contributed by atoms with van der Waals surface area (Å²) in [6.45, 7) is 18.1. The van der Waals surface area contributed by atoms with E-state index in [-0.39, 0.29) is 0 Å². The first-order valence-electron chi connectivity index (χ1n) is 7.11. The molecule has 0 N–H and O–H groups in total. The Morgan fingerprint density at radius 1 is 0.737 bits per heavy atom. The predicted molar refractivity (Wildman–Crippen MR) is 90.3 cm³/mol. The van der Waals surface area contributed by atoms with Gasteiger partial charge in [0.25, 0.3) is 0 Å². The molecule has 0 bridgehead atoms. The summed E-state index contributed by atoms with van der Waals surface area (Å²) in [5.74, 6) is 0. The van der Waals surface area contributed by atoms with Gasteiger partial charge in [-0.1, -0.05) is 0 Å². The summed E-state index contributed by atoms with van der Waals surface area (Å²) in [4.78, 5) is 5.12. The molecule has 1 radical (unpaired) electrons. The molecule has 0 fully saturated rings. The number of rotatable bonds is 8. The number of halogens is 2. The fourth-order valence-electron chi connectivity index (χ4n) is 2.69. The Kier molecular flexibility index (Phi) is 10.1. The molecule has 0 spiro atoms. The van der Waals surface area contributed by atoms with Crippen molar-refractivity contribution >= 4 is 40.9 Å². The number of alkyl halides is 1. The van der Waals surface area contributed by atoms with Gasteiger partial charge in [-0.15, -0.1) is 0 Å². The van der Waals surface area contributed by atoms with Crippen molar-refractivity contribution in [3.8, 4) is 0 Å². The molecular weight excluding hydrogens is 476 g/mol. The second kappa shape index (κ2) is 9.42. The van der Waals surface area contributed by atoms with E-state index < -0.39 is 20.9 Å². The van der Waals surface area contributed by atoms with Crippen LogP contribution in [0.15, 0.2) is 0 Å². The van der Waals surface area contributed by atoms with Gasteiger partial charge in [-0.2, -0.15) is 0 Å². The van der Waals surface area contributed by atoms with E-state index in [1.54, 1.807) is 0 Å². The van der Waals surface area contributed by atoms with Crippen LogP contribution in [-0.4, -0.2) is 62.2 Å². The molecule has 0 unspecified atom stereocenters. The van der Waals surface area contributed by atoms with E-state index in [0.29, 0.717) is 31.5 Å². The van der Waals surface area contributed by atoms with Gasteiger partial charge in [-0.05, 0) is 0 Å². The van der Waals surface area contributed by atoms with Gasteiger partial charge in [0.1, 0.15) is 0 Å². The number of hydrogen-bond acceptors (Lipinski definition) is 2. The average Bonchev–Trinajstić information content (AvgIpc) is 2.24. The van der Waals surface area contributed by atoms with E-state index in [2.05, 4.69) is 65.2 Å². The number of hydrogen-bond donors (Lipinski definition) is 0. The Balaban J connectivity index is 5.50. The first-order valence-corrected chi connectivity index (χ1v) is 15.6. The van der Waals surface area contributed by atoms with Gasteiger partial charge in [-0.25, -0.2) is 0 Å².